The fourth-order valence-corrected chi connectivity index (χ4v) is 4.75. The van der Waals surface area contributed by atoms with Gasteiger partial charge in [-0.3, -0.25) is 19.3 Å². The SMILES string of the molecule is CCOC(=O)c1cc(-c2ccccc2)sc1NC(=S)NC(=O)CN1C(=O)c2ccccc2C1=O. The second-order valence-electron chi connectivity index (χ2n) is 7.18. The fraction of sp³-hybridized carbons (Fsp3) is 0.125. The molecule has 8 nitrogen and oxygen atoms in total. The number of benzene rings is 2. The van der Waals surface area contributed by atoms with Gasteiger partial charge in [0.15, 0.2) is 5.11 Å². The van der Waals surface area contributed by atoms with Gasteiger partial charge in [0.25, 0.3) is 11.8 Å². The molecule has 0 spiro atoms. The fourth-order valence-electron chi connectivity index (χ4n) is 3.42. The second kappa shape index (κ2) is 9.94. The Morgan fingerprint density at radius 1 is 1.00 bits per heavy atom. The number of hydrogen-bond donors (Lipinski definition) is 2. The highest BCUT2D eigenvalue weighted by atomic mass is 32.1. The summed E-state index contributed by atoms with van der Waals surface area (Å²) in [6.45, 7) is 1.43. The zero-order chi connectivity index (χ0) is 24.2. The Morgan fingerprint density at radius 3 is 2.24 bits per heavy atom. The number of fused-ring (bicyclic) bond motifs is 1. The van der Waals surface area contributed by atoms with Crippen molar-refractivity contribution in [3.05, 3.63) is 77.4 Å². The molecule has 0 saturated carbocycles. The molecular formula is C24H19N3O5S2. The molecular weight excluding hydrogens is 474 g/mol. The molecule has 0 saturated heterocycles. The lowest BCUT2D eigenvalue weighted by Crippen LogP contribution is -2.43. The number of anilines is 1. The number of nitrogens with zero attached hydrogens (tertiary/aromatic N) is 1. The molecule has 0 bridgehead atoms. The molecule has 0 atom stereocenters. The van der Waals surface area contributed by atoms with Gasteiger partial charge in [-0.1, -0.05) is 42.5 Å². The largest absolute Gasteiger partial charge is 0.462 e. The Bertz CT molecular complexity index is 1270. The molecule has 2 heterocycles. The van der Waals surface area contributed by atoms with E-state index < -0.39 is 30.2 Å². The summed E-state index contributed by atoms with van der Waals surface area (Å²) in [5.74, 6) is -2.25. The Kier molecular flexibility index (Phi) is 6.80. The molecule has 4 rings (SSSR count). The number of carbonyl (C=O) groups is 4. The number of rotatable bonds is 6. The van der Waals surface area contributed by atoms with Gasteiger partial charge in [-0.2, -0.15) is 0 Å². The first-order chi connectivity index (χ1) is 16.4. The lowest BCUT2D eigenvalue weighted by Gasteiger charge is -2.14. The number of thiocarbonyl (C=S) groups is 1. The third kappa shape index (κ3) is 4.73. The van der Waals surface area contributed by atoms with Gasteiger partial charge in [-0.05, 0) is 42.9 Å². The summed E-state index contributed by atoms with van der Waals surface area (Å²) in [6.07, 6.45) is 0. The van der Waals surface area contributed by atoms with Crippen LogP contribution in [0.3, 0.4) is 0 Å². The van der Waals surface area contributed by atoms with Crippen LogP contribution in [0, 0.1) is 0 Å². The predicted octanol–water partition coefficient (Wildman–Crippen LogP) is 3.70. The third-order valence-corrected chi connectivity index (χ3v) is 6.25. The maximum Gasteiger partial charge on any atom is 0.341 e. The van der Waals surface area contributed by atoms with E-state index in [9.17, 15) is 19.2 Å². The number of esters is 1. The van der Waals surface area contributed by atoms with E-state index in [-0.39, 0.29) is 28.4 Å². The number of ether oxygens (including phenoxy) is 1. The van der Waals surface area contributed by atoms with Gasteiger partial charge in [0.05, 0.1) is 23.3 Å². The first kappa shape index (κ1) is 23.3. The molecule has 0 aliphatic carbocycles. The monoisotopic (exact) mass is 493 g/mol. The average Bonchev–Trinajstić information content (AvgIpc) is 3.35. The minimum Gasteiger partial charge on any atom is -0.462 e. The summed E-state index contributed by atoms with van der Waals surface area (Å²) in [6, 6.07) is 17.6. The van der Waals surface area contributed by atoms with E-state index in [1.807, 2.05) is 30.3 Å². The molecule has 1 aliphatic heterocycles. The van der Waals surface area contributed by atoms with Crippen molar-refractivity contribution in [2.75, 3.05) is 18.5 Å². The van der Waals surface area contributed by atoms with E-state index in [4.69, 9.17) is 17.0 Å². The van der Waals surface area contributed by atoms with Crippen LogP contribution in [0.4, 0.5) is 5.00 Å². The number of imide groups is 1. The molecule has 1 aromatic heterocycles. The zero-order valence-corrected chi connectivity index (χ0v) is 19.6. The standard InChI is InChI=1S/C24H19N3O5S2/c1-2-32-23(31)17-12-18(14-8-4-3-5-9-14)34-20(17)26-24(33)25-19(28)13-27-21(29)15-10-6-7-11-16(15)22(27)30/h3-12H,2,13H2,1H3,(H2,25,26,28,33). The summed E-state index contributed by atoms with van der Waals surface area (Å²) in [7, 11) is 0. The smallest absolute Gasteiger partial charge is 0.341 e. The highest BCUT2D eigenvalue weighted by Gasteiger charge is 2.36. The summed E-state index contributed by atoms with van der Waals surface area (Å²) < 4.78 is 5.14. The van der Waals surface area contributed by atoms with Crippen molar-refractivity contribution < 1.29 is 23.9 Å². The normalized spacial score (nSPS) is 12.3. The van der Waals surface area contributed by atoms with Gasteiger partial charge < -0.3 is 15.4 Å². The van der Waals surface area contributed by atoms with Crippen LogP contribution in [0.1, 0.15) is 38.0 Å². The van der Waals surface area contributed by atoms with Gasteiger partial charge in [0.2, 0.25) is 5.91 Å². The molecule has 3 amide bonds. The molecule has 1 aliphatic rings. The number of hydrogen-bond acceptors (Lipinski definition) is 7. The molecule has 3 aromatic rings. The lowest BCUT2D eigenvalue weighted by molar-refractivity contribution is -0.120. The van der Waals surface area contributed by atoms with Crippen LogP contribution in [0.15, 0.2) is 60.7 Å². The molecule has 0 fully saturated rings. The molecule has 172 valence electrons. The van der Waals surface area contributed by atoms with Crippen molar-refractivity contribution in [1.82, 2.24) is 10.2 Å². The van der Waals surface area contributed by atoms with Crippen molar-refractivity contribution >= 4 is 57.4 Å². The highest BCUT2D eigenvalue weighted by Crippen LogP contribution is 2.36. The van der Waals surface area contributed by atoms with Crippen LogP contribution in [-0.2, 0) is 9.53 Å². The minimum absolute atomic E-state index is 0.0754. The Balaban J connectivity index is 1.46. The summed E-state index contributed by atoms with van der Waals surface area (Å²) in [5.41, 5.74) is 1.70. The van der Waals surface area contributed by atoms with Gasteiger partial charge >= 0.3 is 5.97 Å². The van der Waals surface area contributed by atoms with E-state index in [1.54, 1.807) is 25.1 Å². The van der Waals surface area contributed by atoms with Crippen molar-refractivity contribution in [3.8, 4) is 10.4 Å². The molecule has 0 radical (unpaired) electrons. The second-order valence-corrected chi connectivity index (χ2v) is 8.64. The lowest BCUT2D eigenvalue weighted by atomic mass is 10.1. The molecule has 2 aromatic carbocycles. The number of thiophene rings is 1. The van der Waals surface area contributed by atoms with Crippen LogP contribution < -0.4 is 10.6 Å². The van der Waals surface area contributed by atoms with Gasteiger partial charge in [0.1, 0.15) is 11.5 Å². The Hall–Kier alpha value is -3.89. The van der Waals surface area contributed by atoms with E-state index in [0.717, 1.165) is 15.3 Å². The van der Waals surface area contributed by atoms with Crippen molar-refractivity contribution in [1.29, 1.82) is 0 Å². The van der Waals surface area contributed by atoms with Crippen molar-refractivity contribution in [2.45, 2.75) is 6.92 Å². The van der Waals surface area contributed by atoms with E-state index >= 15 is 0 Å². The summed E-state index contributed by atoms with van der Waals surface area (Å²) in [4.78, 5) is 51.6. The Labute approximate surface area is 204 Å². The van der Waals surface area contributed by atoms with E-state index in [0.29, 0.717) is 5.00 Å². The molecule has 2 N–H and O–H groups in total. The van der Waals surface area contributed by atoms with E-state index in [1.165, 1.54) is 23.5 Å². The zero-order valence-electron chi connectivity index (χ0n) is 18.0. The quantitative estimate of drug-likeness (QED) is 0.306. The average molecular weight is 494 g/mol. The topological polar surface area (TPSA) is 105 Å². The maximum absolute atomic E-state index is 12.5. The van der Waals surface area contributed by atoms with Crippen LogP contribution in [0.25, 0.3) is 10.4 Å². The highest BCUT2D eigenvalue weighted by molar-refractivity contribution is 7.80. The third-order valence-electron chi connectivity index (χ3n) is 4.95. The van der Waals surface area contributed by atoms with Crippen LogP contribution in [0.2, 0.25) is 0 Å². The molecule has 10 heteroatoms. The van der Waals surface area contributed by atoms with E-state index in [2.05, 4.69) is 10.6 Å². The van der Waals surface area contributed by atoms with Crippen LogP contribution in [-0.4, -0.2) is 46.9 Å². The van der Waals surface area contributed by atoms with Crippen LogP contribution >= 0.6 is 23.6 Å². The number of amides is 3. The summed E-state index contributed by atoms with van der Waals surface area (Å²) in [5, 5.41) is 5.65. The minimum atomic E-state index is -0.649. The summed E-state index contributed by atoms with van der Waals surface area (Å²) >= 11 is 6.52. The molecule has 34 heavy (non-hydrogen) atoms. The van der Waals surface area contributed by atoms with Crippen molar-refractivity contribution in [3.63, 3.8) is 0 Å². The van der Waals surface area contributed by atoms with Gasteiger partial charge in [-0.15, -0.1) is 11.3 Å². The molecule has 0 unspecified atom stereocenters. The van der Waals surface area contributed by atoms with Crippen LogP contribution in [0.5, 0.6) is 0 Å². The maximum atomic E-state index is 12.5. The van der Waals surface area contributed by atoms with Crippen molar-refractivity contribution in [2.24, 2.45) is 0 Å². The van der Waals surface area contributed by atoms with Gasteiger partial charge in [-0.25, -0.2) is 4.79 Å². The van der Waals surface area contributed by atoms with Gasteiger partial charge in [0, 0.05) is 4.88 Å². The number of nitrogens with one attached hydrogen (secondary N) is 2. The Morgan fingerprint density at radius 2 is 1.62 bits per heavy atom. The predicted molar refractivity (Wildman–Crippen MR) is 132 cm³/mol. The first-order valence-corrected chi connectivity index (χ1v) is 11.5. The number of carbonyl (C=O) groups excluding carboxylic acids is 4. The first-order valence-electron chi connectivity index (χ1n) is 10.3.